The quantitative estimate of drug-likeness (QED) is 0.0300. The molecule has 0 aromatic heterocycles. The summed E-state index contributed by atoms with van der Waals surface area (Å²) >= 11 is 0. The Labute approximate surface area is 286 Å². The van der Waals surface area contributed by atoms with E-state index in [-0.39, 0.29) is 32.6 Å². The summed E-state index contributed by atoms with van der Waals surface area (Å²) in [6.07, 6.45) is 35.7. The summed E-state index contributed by atoms with van der Waals surface area (Å²) in [6, 6.07) is 0. The molecular weight excluding hydrogens is 617 g/mol. The van der Waals surface area contributed by atoms with Crippen molar-refractivity contribution in [3.8, 4) is 0 Å². The third kappa shape index (κ3) is 33.7. The second-order valence-corrected chi connectivity index (χ2v) is 13.3. The number of allylic oxidation sites excluding steroid dienone is 8. The van der Waals surface area contributed by atoms with Gasteiger partial charge in [-0.2, -0.15) is 0 Å². The summed E-state index contributed by atoms with van der Waals surface area (Å²) in [6.45, 7) is 3.53. The number of ether oxygens (including phenoxy) is 2. The zero-order valence-electron chi connectivity index (χ0n) is 29.5. The number of esters is 2. The molecule has 0 fully saturated rings. The normalized spacial score (nSPS) is 14.0. The largest absolute Gasteiger partial charge is 0.472 e. The summed E-state index contributed by atoms with van der Waals surface area (Å²) in [5, 5.41) is 0. The fourth-order valence-electron chi connectivity index (χ4n) is 4.64. The molecule has 0 spiro atoms. The maximum Gasteiger partial charge on any atom is 0.472 e. The van der Waals surface area contributed by atoms with E-state index in [1.165, 1.54) is 51.4 Å². The molecule has 0 rings (SSSR count). The molecule has 0 radical (unpaired) electrons. The molecule has 0 aliphatic rings. The van der Waals surface area contributed by atoms with E-state index in [4.69, 9.17) is 24.3 Å². The van der Waals surface area contributed by atoms with Crippen molar-refractivity contribution in [1.29, 1.82) is 0 Å². The van der Waals surface area contributed by atoms with Crippen LogP contribution in [0.4, 0.5) is 0 Å². The molecule has 0 aromatic carbocycles. The van der Waals surface area contributed by atoms with Gasteiger partial charge in [-0.05, 0) is 32.1 Å². The van der Waals surface area contributed by atoms with E-state index < -0.39 is 32.5 Å². The molecule has 0 saturated heterocycles. The van der Waals surface area contributed by atoms with Gasteiger partial charge >= 0.3 is 19.8 Å². The third-order valence-corrected chi connectivity index (χ3v) is 8.31. The fourth-order valence-corrected chi connectivity index (χ4v) is 5.41. The van der Waals surface area contributed by atoms with E-state index in [0.717, 1.165) is 57.8 Å². The van der Waals surface area contributed by atoms with Crippen LogP contribution in [0.1, 0.15) is 142 Å². The Morgan fingerprint density at radius 3 is 1.74 bits per heavy atom. The van der Waals surface area contributed by atoms with Gasteiger partial charge in [0.2, 0.25) is 0 Å². The highest BCUT2D eigenvalue weighted by Gasteiger charge is 2.25. The van der Waals surface area contributed by atoms with Crippen molar-refractivity contribution in [2.45, 2.75) is 148 Å². The first-order valence-electron chi connectivity index (χ1n) is 18.2. The smallest absolute Gasteiger partial charge is 0.462 e. The van der Waals surface area contributed by atoms with Crippen molar-refractivity contribution in [2.75, 3.05) is 26.4 Å². The number of carbonyl (C=O) groups excluding carboxylic acids is 2. The van der Waals surface area contributed by atoms with E-state index >= 15 is 0 Å². The average molecular weight is 684 g/mol. The van der Waals surface area contributed by atoms with Crippen molar-refractivity contribution in [1.82, 2.24) is 0 Å². The molecule has 0 heterocycles. The van der Waals surface area contributed by atoms with Crippen LogP contribution in [0.25, 0.3) is 0 Å². The van der Waals surface area contributed by atoms with Gasteiger partial charge in [-0.3, -0.25) is 18.6 Å². The number of phosphoric ester groups is 1. The van der Waals surface area contributed by atoms with Crippen molar-refractivity contribution < 1.29 is 37.6 Å². The van der Waals surface area contributed by atoms with Crippen molar-refractivity contribution in [3.63, 3.8) is 0 Å². The molecule has 0 aliphatic carbocycles. The predicted octanol–water partition coefficient (Wildman–Crippen LogP) is 9.60. The number of hydrogen-bond acceptors (Lipinski definition) is 8. The molecule has 0 bridgehead atoms. The predicted molar refractivity (Wildman–Crippen MR) is 192 cm³/mol. The maximum absolute atomic E-state index is 12.5. The zero-order chi connectivity index (χ0) is 34.7. The minimum absolute atomic E-state index is 0.0479. The van der Waals surface area contributed by atoms with Gasteiger partial charge in [0.1, 0.15) is 6.61 Å². The Morgan fingerprint density at radius 2 is 1.17 bits per heavy atom. The van der Waals surface area contributed by atoms with Crippen molar-refractivity contribution in [2.24, 2.45) is 5.73 Å². The molecule has 272 valence electrons. The highest BCUT2D eigenvalue weighted by Crippen LogP contribution is 2.43. The number of hydrogen-bond donors (Lipinski definition) is 2. The Kier molecular flexibility index (Phi) is 32.4. The standard InChI is InChI=1S/C37H66NO8P/c1-3-5-7-9-11-13-15-16-17-18-20-22-24-26-28-30-37(40)46-35(34-45-47(41,42)44-32-31-38)33-43-36(39)29-27-25-23-21-19-14-12-10-8-6-4-2/h5,7,9,11,13,15-17,35H,3-4,6,8,10,12,14,18-34,38H2,1-2H3,(H,41,42)/b7-5+,11-9+,15-13+,17-16+/t35-/m1/s1. The first-order chi connectivity index (χ1) is 22.8. The lowest BCUT2D eigenvalue weighted by atomic mass is 10.1. The van der Waals surface area contributed by atoms with Gasteiger partial charge in [-0.25, -0.2) is 4.57 Å². The lowest BCUT2D eigenvalue weighted by Crippen LogP contribution is -2.29. The first-order valence-corrected chi connectivity index (χ1v) is 19.7. The Morgan fingerprint density at radius 1 is 0.660 bits per heavy atom. The second kappa shape index (κ2) is 33.9. The molecule has 0 aromatic rings. The first kappa shape index (κ1) is 45.0. The van der Waals surface area contributed by atoms with E-state index in [1.54, 1.807) is 0 Å². The van der Waals surface area contributed by atoms with Gasteiger partial charge in [0.15, 0.2) is 6.10 Å². The Hall–Kier alpha value is -2.03. The van der Waals surface area contributed by atoms with Gasteiger partial charge in [0.25, 0.3) is 0 Å². The SMILES string of the molecule is CC/C=C/C=C/C=C/C=C/CCCCCCCC(=O)O[C@H](COC(=O)CCCCCCCCCCCCC)COP(=O)(O)OCCN. The van der Waals surface area contributed by atoms with Crippen LogP contribution in [-0.2, 0) is 32.7 Å². The van der Waals surface area contributed by atoms with Crippen LogP contribution in [0.2, 0.25) is 0 Å². The van der Waals surface area contributed by atoms with Crippen LogP contribution in [0.15, 0.2) is 48.6 Å². The number of phosphoric acid groups is 1. The van der Waals surface area contributed by atoms with Gasteiger partial charge in [-0.15, -0.1) is 0 Å². The van der Waals surface area contributed by atoms with E-state index in [9.17, 15) is 19.0 Å². The van der Waals surface area contributed by atoms with Crippen LogP contribution in [0.3, 0.4) is 0 Å². The molecule has 47 heavy (non-hydrogen) atoms. The minimum atomic E-state index is -4.37. The summed E-state index contributed by atoms with van der Waals surface area (Å²) < 4.78 is 32.6. The average Bonchev–Trinajstić information content (AvgIpc) is 3.05. The highest BCUT2D eigenvalue weighted by molar-refractivity contribution is 7.47. The zero-order valence-corrected chi connectivity index (χ0v) is 30.4. The molecule has 0 saturated carbocycles. The molecule has 9 nitrogen and oxygen atoms in total. The number of unbranched alkanes of at least 4 members (excludes halogenated alkanes) is 15. The van der Waals surface area contributed by atoms with E-state index in [2.05, 4.69) is 32.1 Å². The molecule has 0 aliphatic heterocycles. The van der Waals surface area contributed by atoms with Crippen LogP contribution in [0, 0.1) is 0 Å². The van der Waals surface area contributed by atoms with Gasteiger partial charge in [0, 0.05) is 19.4 Å². The number of nitrogens with two attached hydrogens (primary N) is 1. The summed E-state index contributed by atoms with van der Waals surface area (Å²) in [4.78, 5) is 34.6. The lowest BCUT2D eigenvalue weighted by molar-refractivity contribution is -0.161. The van der Waals surface area contributed by atoms with Crippen molar-refractivity contribution >= 4 is 19.8 Å². The van der Waals surface area contributed by atoms with Gasteiger partial charge in [-0.1, -0.05) is 146 Å². The van der Waals surface area contributed by atoms with E-state index in [1.807, 2.05) is 30.4 Å². The van der Waals surface area contributed by atoms with Crippen LogP contribution in [0.5, 0.6) is 0 Å². The summed E-state index contributed by atoms with van der Waals surface area (Å²) in [5.41, 5.74) is 5.32. The topological polar surface area (TPSA) is 134 Å². The Bertz CT molecular complexity index is 918. The third-order valence-electron chi connectivity index (χ3n) is 7.32. The van der Waals surface area contributed by atoms with Crippen LogP contribution >= 0.6 is 7.82 Å². The monoisotopic (exact) mass is 683 g/mol. The van der Waals surface area contributed by atoms with Crippen LogP contribution < -0.4 is 5.73 Å². The van der Waals surface area contributed by atoms with E-state index in [0.29, 0.717) is 6.42 Å². The molecule has 3 N–H and O–H groups in total. The highest BCUT2D eigenvalue weighted by atomic mass is 31.2. The number of rotatable bonds is 33. The second-order valence-electron chi connectivity index (χ2n) is 11.8. The minimum Gasteiger partial charge on any atom is -0.462 e. The molecule has 2 atom stereocenters. The van der Waals surface area contributed by atoms with Gasteiger partial charge < -0.3 is 20.1 Å². The Balaban J connectivity index is 4.31. The summed E-state index contributed by atoms with van der Waals surface area (Å²) in [5.74, 6) is -0.860. The molecule has 0 amide bonds. The lowest BCUT2D eigenvalue weighted by Gasteiger charge is -2.19. The summed E-state index contributed by atoms with van der Waals surface area (Å²) in [7, 11) is -4.37. The maximum atomic E-state index is 12.5. The molecule has 10 heteroatoms. The fraction of sp³-hybridized carbons (Fsp3) is 0.730. The molecule has 1 unspecified atom stereocenters. The van der Waals surface area contributed by atoms with Gasteiger partial charge in [0.05, 0.1) is 13.2 Å². The number of carbonyl (C=O) groups is 2. The molecular formula is C37H66NO8P. The van der Waals surface area contributed by atoms with Crippen LogP contribution in [-0.4, -0.2) is 49.3 Å². The van der Waals surface area contributed by atoms with Crippen molar-refractivity contribution in [3.05, 3.63) is 48.6 Å².